The maximum atomic E-state index is 11.9. The van der Waals surface area contributed by atoms with Gasteiger partial charge in [0.25, 0.3) is 5.91 Å². The van der Waals surface area contributed by atoms with Gasteiger partial charge < -0.3 is 20.4 Å². The second kappa shape index (κ2) is 4.41. The summed E-state index contributed by atoms with van der Waals surface area (Å²) >= 11 is 0. The summed E-state index contributed by atoms with van der Waals surface area (Å²) in [5, 5.41) is 0. The van der Waals surface area contributed by atoms with Crippen LogP contribution in [0.5, 0.6) is 0 Å². The number of aromatic nitrogens is 2. The predicted molar refractivity (Wildman–Crippen MR) is 53.3 cm³/mol. The fraction of sp³-hybridized carbons (Fsp3) is 0.556. The van der Waals surface area contributed by atoms with Gasteiger partial charge in [-0.15, -0.1) is 0 Å². The van der Waals surface area contributed by atoms with Crippen LogP contribution in [-0.4, -0.2) is 53.1 Å². The average Bonchev–Trinajstić information content (AvgIpc) is 2.81. The first-order valence-electron chi connectivity index (χ1n) is 4.90. The third kappa shape index (κ3) is 2.16. The Labute approximate surface area is 87.4 Å². The lowest BCUT2D eigenvalue weighted by Gasteiger charge is -2.31. The Morgan fingerprint density at radius 2 is 2.67 bits per heavy atom. The molecule has 0 spiro atoms. The monoisotopic (exact) mass is 210 g/mol. The van der Waals surface area contributed by atoms with Crippen molar-refractivity contribution in [2.24, 2.45) is 5.73 Å². The van der Waals surface area contributed by atoms with Gasteiger partial charge in [-0.3, -0.25) is 4.79 Å². The number of ether oxygens (including phenoxy) is 1. The highest BCUT2D eigenvalue weighted by Crippen LogP contribution is 2.07. The number of nitrogens with one attached hydrogen (secondary N) is 1. The van der Waals surface area contributed by atoms with Crippen molar-refractivity contribution >= 4 is 5.91 Å². The van der Waals surface area contributed by atoms with Crippen LogP contribution in [0.2, 0.25) is 0 Å². The second-order valence-corrected chi connectivity index (χ2v) is 3.44. The van der Waals surface area contributed by atoms with Crippen LogP contribution in [0.15, 0.2) is 12.5 Å². The number of rotatable bonds is 2. The van der Waals surface area contributed by atoms with Crippen LogP contribution in [0.1, 0.15) is 10.5 Å². The molecule has 0 aromatic carbocycles. The number of hydrogen-bond donors (Lipinski definition) is 2. The van der Waals surface area contributed by atoms with Crippen molar-refractivity contribution in [2.75, 3.05) is 26.2 Å². The third-order valence-corrected chi connectivity index (χ3v) is 2.42. The van der Waals surface area contributed by atoms with Crippen molar-refractivity contribution in [3.63, 3.8) is 0 Å². The van der Waals surface area contributed by atoms with E-state index >= 15 is 0 Å². The van der Waals surface area contributed by atoms with Crippen molar-refractivity contribution in [3.05, 3.63) is 18.2 Å². The molecule has 6 nitrogen and oxygen atoms in total. The Morgan fingerprint density at radius 3 is 3.33 bits per heavy atom. The molecule has 2 rings (SSSR count). The number of nitrogens with two attached hydrogens (primary N) is 1. The molecule has 1 amide bonds. The van der Waals surface area contributed by atoms with Crippen LogP contribution in [0.3, 0.4) is 0 Å². The quantitative estimate of drug-likeness (QED) is 0.670. The fourth-order valence-corrected chi connectivity index (χ4v) is 1.59. The number of H-pyrrole nitrogens is 1. The normalized spacial score (nSPS) is 21.7. The third-order valence-electron chi connectivity index (χ3n) is 2.42. The summed E-state index contributed by atoms with van der Waals surface area (Å²) in [6.07, 6.45) is 2.97. The summed E-state index contributed by atoms with van der Waals surface area (Å²) in [5.74, 6) is -0.0470. The molecule has 0 saturated carbocycles. The number of imidazole rings is 1. The lowest BCUT2D eigenvalue weighted by Crippen LogP contribution is -2.48. The Morgan fingerprint density at radius 1 is 1.80 bits per heavy atom. The first-order chi connectivity index (χ1) is 7.31. The molecule has 82 valence electrons. The lowest BCUT2D eigenvalue weighted by atomic mass is 10.2. The molecule has 0 bridgehead atoms. The molecule has 1 aliphatic heterocycles. The topological polar surface area (TPSA) is 84.2 Å². The summed E-state index contributed by atoms with van der Waals surface area (Å²) in [4.78, 5) is 20.2. The molecule has 3 N–H and O–H groups in total. The highest BCUT2D eigenvalue weighted by Gasteiger charge is 2.24. The minimum Gasteiger partial charge on any atom is -0.373 e. The molecule has 1 saturated heterocycles. The fourth-order valence-electron chi connectivity index (χ4n) is 1.59. The number of nitrogens with zero attached hydrogens (tertiary/aromatic N) is 2. The molecule has 1 fully saturated rings. The van der Waals surface area contributed by atoms with Crippen LogP contribution in [0.25, 0.3) is 0 Å². The van der Waals surface area contributed by atoms with Gasteiger partial charge in [0, 0.05) is 19.6 Å². The van der Waals surface area contributed by atoms with Crippen LogP contribution in [0, 0.1) is 0 Å². The molecule has 1 atom stereocenters. The first-order valence-corrected chi connectivity index (χ1v) is 4.90. The Kier molecular flexibility index (Phi) is 2.98. The van der Waals surface area contributed by atoms with Gasteiger partial charge in [0.1, 0.15) is 5.69 Å². The lowest BCUT2D eigenvalue weighted by molar-refractivity contribution is -0.0169. The van der Waals surface area contributed by atoms with Crippen molar-refractivity contribution in [3.8, 4) is 0 Å². The maximum Gasteiger partial charge on any atom is 0.272 e. The van der Waals surface area contributed by atoms with E-state index in [4.69, 9.17) is 10.5 Å². The Hall–Kier alpha value is -1.40. The Bertz CT molecular complexity index is 325. The van der Waals surface area contributed by atoms with Crippen molar-refractivity contribution < 1.29 is 9.53 Å². The first kappa shape index (κ1) is 10.1. The maximum absolute atomic E-state index is 11.9. The summed E-state index contributed by atoms with van der Waals surface area (Å²) < 4.78 is 5.38. The van der Waals surface area contributed by atoms with Gasteiger partial charge in [-0.25, -0.2) is 4.98 Å². The summed E-state index contributed by atoms with van der Waals surface area (Å²) in [7, 11) is 0. The van der Waals surface area contributed by atoms with E-state index in [0.29, 0.717) is 31.9 Å². The van der Waals surface area contributed by atoms with E-state index in [1.807, 2.05) is 0 Å². The molecule has 0 radical (unpaired) electrons. The minimum absolute atomic E-state index is 0.0470. The highest BCUT2D eigenvalue weighted by molar-refractivity contribution is 5.92. The van der Waals surface area contributed by atoms with Crippen molar-refractivity contribution in [1.82, 2.24) is 14.9 Å². The van der Waals surface area contributed by atoms with E-state index in [2.05, 4.69) is 9.97 Å². The molecule has 0 aliphatic carbocycles. The SMILES string of the molecule is NCC1CN(C(=O)c2cnc[nH]2)CCO1. The van der Waals surface area contributed by atoms with E-state index < -0.39 is 0 Å². The molecule has 15 heavy (non-hydrogen) atoms. The van der Waals surface area contributed by atoms with Gasteiger partial charge in [-0.2, -0.15) is 0 Å². The van der Waals surface area contributed by atoms with E-state index in [1.165, 1.54) is 12.5 Å². The molecular weight excluding hydrogens is 196 g/mol. The van der Waals surface area contributed by atoms with Crippen molar-refractivity contribution in [2.45, 2.75) is 6.10 Å². The number of amides is 1. The minimum atomic E-state index is -0.0504. The van der Waals surface area contributed by atoms with E-state index in [-0.39, 0.29) is 12.0 Å². The van der Waals surface area contributed by atoms with E-state index in [1.54, 1.807) is 4.90 Å². The van der Waals surface area contributed by atoms with Gasteiger partial charge >= 0.3 is 0 Å². The molecule has 1 aromatic rings. The zero-order valence-corrected chi connectivity index (χ0v) is 8.35. The molecule has 1 aliphatic rings. The summed E-state index contributed by atoms with van der Waals surface area (Å²) in [5.41, 5.74) is 6.01. The summed E-state index contributed by atoms with van der Waals surface area (Å²) in [6, 6.07) is 0. The van der Waals surface area contributed by atoms with E-state index in [9.17, 15) is 4.79 Å². The molecule has 6 heteroatoms. The molecule has 2 heterocycles. The zero-order valence-electron chi connectivity index (χ0n) is 8.35. The number of carbonyl (C=O) groups excluding carboxylic acids is 1. The Balaban J connectivity index is 2.01. The standard InChI is InChI=1S/C9H14N4O2/c10-3-7-5-13(1-2-15-7)9(14)8-4-11-6-12-8/h4,6-7H,1-3,5,10H2,(H,11,12). The molecule has 1 aromatic heterocycles. The van der Waals surface area contributed by atoms with Crippen molar-refractivity contribution in [1.29, 1.82) is 0 Å². The van der Waals surface area contributed by atoms with Gasteiger partial charge in [0.05, 0.1) is 25.2 Å². The van der Waals surface area contributed by atoms with Crippen LogP contribution < -0.4 is 5.73 Å². The van der Waals surface area contributed by atoms with Gasteiger partial charge in [-0.05, 0) is 0 Å². The van der Waals surface area contributed by atoms with Gasteiger partial charge in [0.2, 0.25) is 0 Å². The zero-order chi connectivity index (χ0) is 10.7. The molecular formula is C9H14N4O2. The van der Waals surface area contributed by atoms with E-state index in [0.717, 1.165) is 0 Å². The second-order valence-electron chi connectivity index (χ2n) is 3.44. The molecule has 1 unspecified atom stereocenters. The number of carbonyl (C=O) groups is 1. The average molecular weight is 210 g/mol. The van der Waals surface area contributed by atoms with Gasteiger partial charge in [-0.1, -0.05) is 0 Å². The number of aromatic amines is 1. The smallest absolute Gasteiger partial charge is 0.272 e. The highest BCUT2D eigenvalue weighted by atomic mass is 16.5. The number of hydrogen-bond acceptors (Lipinski definition) is 4. The predicted octanol–water partition coefficient (Wildman–Crippen LogP) is -0.791. The largest absolute Gasteiger partial charge is 0.373 e. The van der Waals surface area contributed by atoms with Crippen LogP contribution >= 0.6 is 0 Å². The summed E-state index contributed by atoms with van der Waals surface area (Å²) in [6.45, 7) is 2.14. The van der Waals surface area contributed by atoms with Crippen LogP contribution in [0.4, 0.5) is 0 Å². The number of morpholine rings is 1. The van der Waals surface area contributed by atoms with Gasteiger partial charge in [0.15, 0.2) is 0 Å². The van der Waals surface area contributed by atoms with Crippen LogP contribution in [-0.2, 0) is 4.74 Å².